The fraction of sp³-hybridized carbons (Fsp3) is 0. The van der Waals surface area contributed by atoms with Crippen LogP contribution in [0, 0.1) is 0 Å². The van der Waals surface area contributed by atoms with Gasteiger partial charge in [0.2, 0.25) is 0 Å². The summed E-state index contributed by atoms with van der Waals surface area (Å²) in [5.74, 6) is 0.608. The first-order chi connectivity index (χ1) is 14.8. The zero-order chi connectivity index (χ0) is 20.3. The Kier molecular flexibility index (Phi) is 4.58. The van der Waals surface area contributed by atoms with Gasteiger partial charge in [-0.2, -0.15) is 5.10 Å². The van der Waals surface area contributed by atoms with Gasteiger partial charge in [0.25, 0.3) is 0 Å². The van der Waals surface area contributed by atoms with Gasteiger partial charge in [0, 0.05) is 22.7 Å². The van der Waals surface area contributed by atoms with E-state index >= 15 is 0 Å². The molecule has 0 fully saturated rings. The number of carbonyl (C=O) groups excluding carboxylic acids is 1. The quantitative estimate of drug-likeness (QED) is 0.266. The fourth-order valence-electron chi connectivity index (χ4n) is 3.38. The molecule has 30 heavy (non-hydrogen) atoms. The number of ketones is 1. The fourth-order valence-corrected chi connectivity index (χ4v) is 3.38. The molecule has 5 rings (SSSR count). The van der Waals surface area contributed by atoms with Crippen molar-refractivity contribution in [2.75, 3.05) is 0 Å². The zero-order valence-corrected chi connectivity index (χ0v) is 16.1. The largest absolute Gasteiger partial charge is 0.454 e. The van der Waals surface area contributed by atoms with E-state index in [1.54, 1.807) is 29.0 Å². The van der Waals surface area contributed by atoms with E-state index in [9.17, 15) is 4.79 Å². The van der Waals surface area contributed by atoms with Crippen LogP contribution in [-0.2, 0) is 0 Å². The van der Waals surface area contributed by atoms with E-state index in [4.69, 9.17) is 9.52 Å². The van der Waals surface area contributed by atoms with Crippen LogP contribution in [0.2, 0.25) is 0 Å². The summed E-state index contributed by atoms with van der Waals surface area (Å²) in [4.78, 5) is 12.5. The molecule has 0 aliphatic rings. The molecular weight excluding hydrogens is 372 g/mol. The highest BCUT2D eigenvalue weighted by Gasteiger charge is 2.15. The van der Waals surface area contributed by atoms with Crippen molar-refractivity contribution in [1.29, 1.82) is 0 Å². The molecular formula is C26H18N2O2. The molecule has 4 heteroatoms. The Morgan fingerprint density at radius 2 is 1.57 bits per heavy atom. The lowest BCUT2D eigenvalue weighted by Crippen LogP contribution is -1.93. The Hall–Kier alpha value is -4.18. The minimum Gasteiger partial charge on any atom is -0.454 e. The Morgan fingerprint density at radius 1 is 0.867 bits per heavy atom. The standard InChI is InChI=1S/C26H18N2O2/c29-23(19-9-3-1-4-10-19)16-15-21-18-28(22-12-5-2-6-13-22)27-26(21)25-17-20-11-7-8-14-24(20)30-25/h1-18H. The molecule has 0 bridgehead atoms. The number of aromatic nitrogens is 2. The lowest BCUT2D eigenvalue weighted by atomic mass is 10.1. The monoisotopic (exact) mass is 390 g/mol. The van der Waals surface area contributed by atoms with Gasteiger partial charge in [0.05, 0.1) is 5.69 Å². The summed E-state index contributed by atoms with van der Waals surface area (Å²) < 4.78 is 7.84. The van der Waals surface area contributed by atoms with Gasteiger partial charge < -0.3 is 4.42 Å². The van der Waals surface area contributed by atoms with E-state index in [1.807, 2.05) is 85.1 Å². The third kappa shape index (κ3) is 3.47. The molecule has 2 heterocycles. The molecule has 0 N–H and O–H groups in total. The van der Waals surface area contributed by atoms with Gasteiger partial charge in [-0.1, -0.05) is 66.7 Å². The predicted molar refractivity (Wildman–Crippen MR) is 119 cm³/mol. The Labute approximate surface area is 173 Å². The summed E-state index contributed by atoms with van der Waals surface area (Å²) in [6.07, 6.45) is 5.28. The third-order valence-corrected chi connectivity index (χ3v) is 4.89. The number of benzene rings is 3. The van der Waals surface area contributed by atoms with Crippen molar-refractivity contribution in [3.63, 3.8) is 0 Å². The molecule has 0 saturated heterocycles. The van der Waals surface area contributed by atoms with Gasteiger partial charge in [-0.05, 0) is 36.4 Å². The van der Waals surface area contributed by atoms with Gasteiger partial charge in [-0.25, -0.2) is 4.68 Å². The SMILES string of the molecule is O=C(C=Cc1cn(-c2ccccc2)nc1-c1cc2ccccc2o1)c1ccccc1. The Bertz CT molecular complexity index is 1310. The first kappa shape index (κ1) is 17.9. The molecule has 4 nitrogen and oxygen atoms in total. The number of furan rings is 1. The molecule has 0 aliphatic carbocycles. The van der Waals surface area contributed by atoms with Crippen LogP contribution in [0.3, 0.4) is 0 Å². The molecule has 5 aromatic rings. The van der Waals surface area contributed by atoms with E-state index < -0.39 is 0 Å². The first-order valence-electron chi connectivity index (χ1n) is 9.69. The molecule has 0 spiro atoms. The van der Waals surface area contributed by atoms with Crippen molar-refractivity contribution in [2.45, 2.75) is 0 Å². The lowest BCUT2D eigenvalue weighted by Gasteiger charge is -1.98. The van der Waals surface area contributed by atoms with E-state index in [2.05, 4.69) is 0 Å². The number of allylic oxidation sites excluding steroid dienone is 1. The summed E-state index contributed by atoms with van der Waals surface area (Å²) in [6, 6.07) is 28.9. The average Bonchev–Trinajstić information content (AvgIpc) is 3.43. The summed E-state index contributed by atoms with van der Waals surface area (Å²) >= 11 is 0. The molecule has 0 radical (unpaired) electrons. The maximum Gasteiger partial charge on any atom is 0.185 e. The maximum absolute atomic E-state index is 12.5. The number of hydrogen-bond donors (Lipinski definition) is 0. The van der Waals surface area contributed by atoms with Crippen LogP contribution in [-0.4, -0.2) is 15.6 Å². The van der Waals surface area contributed by atoms with Crippen LogP contribution in [0.5, 0.6) is 0 Å². The smallest absolute Gasteiger partial charge is 0.185 e. The van der Waals surface area contributed by atoms with Crippen molar-refractivity contribution in [3.05, 3.63) is 114 Å². The van der Waals surface area contributed by atoms with Gasteiger partial charge in [-0.3, -0.25) is 4.79 Å². The van der Waals surface area contributed by atoms with Crippen molar-refractivity contribution in [1.82, 2.24) is 9.78 Å². The number of fused-ring (bicyclic) bond motifs is 1. The topological polar surface area (TPSA) is 48.0 Å². The zero-order valence-electron chi connectivity index (χ0n) is 16.1. The average molecular weight is 390 g/mol. The summed E-state index contributed by atoms with van der Waals surface area (Å²) in [6.45, 7) is 0. The van der Waals surface area contributed by atoms with Crippen LogP contribution in [0.1, 0.15) is 15.9 Å². The van der Waals surface area contributed by atoms with Crippen molar-refractivity contribution in [3.8, 4) is 17.1 Å². The molecule has 0 saturated carbocycles. The van der Waals surface area contributed by atoms with Gasteiger partial charge in [0.15, 0.2) is 11.5 Å². The predicted octanol–water partition coefficient (Wildman–Crippen LogP) is 6.18. The van der Waals surface area contributed by atoms with E-state index in [1.165, 1.54) is 0 Å². The Morgan fingerprint density at radius 3 is 2.33 bits per heavy atom. The molecule has 3 aromatic carbocycles. The minimum absolute atomic E-state index is 0.0568. The van der Waals surface area contributed by atoms with Gasteiger partial charge >= 0.3 is 0 Å². The van der Waals surface area contributed by atoms with Gasteiger partial charge in [-0.15, -0.1) is 0 Å². The number of carbonyl (C=O) groups is 1. The second-order valence-corrected chi connectivity index (χ2v) is 6.93. The number of rotatable bonds is 5. The van der Waals surface area contributed by atoms with Crippen molar-refractivity contribution < 1.29 is 9.21 Å². The van der Waals surface area contributed by atoms with E-state index in [0.717, 1.165) is 22.2 Å². The second-order valence-electron chi connectivity index (χ2n) is 6.93. The van der Waals surface area contributed by atoms with Crippen LogP contribution in [0.15, 0.2) is 108 Å². The van der Waals surface area contributed by atoms with Crippen LogP contribution < -0.4 is 0 Å². The van der Waals surface area contributed by atoms with Crippen LogP contribution in [0.4, 0.5) is 0 Å². The Balaban J connectivity index is 1.58. The highest BCUT2D eigenvalue weighted by atomic mass is 16.3. The molecule has 0 aliphatic heterocycles. The maximum atomic E-state index is 12.5. The highest BCUT2D eigenvalue weighted by Crippen LogP contribution is 2.30. The summed E-state index contributed by atoms with van der Waals surface area (Å²) in [5, 5.41) is 5.77. The first-order valence-corrected chi connectivity index (χ1v) is 9.69. The molecule has 0 unspecified atom stereocenters. The van der Waals surface area contributed by atoms with E-state index in [0.29, 0.717) is 17.0 Å². The summed E-state index contributed by atoms with van der Waals surface area (Å²) in [7, 11) is 0. The molecule has 0 atom stereocenters. The van der Waals surface area contributed by atoms with Crippen molar-refractivity contribution >= 4 is 22.8 Å². The lowest BCUT2D eigenvalue weighted by molar-refractivity contribution is 0.104. The van der Waals surface area contributed by atoms with E-state index in [-0.39, 0.29) is 5.78 Å². The normalized spacial score (nSPS) is 11.3. The molecule has 144 valence electrons. The van der Waals surface area contributed by atoms with Crippen LogP contribution in [0.25, 0.3) is 34.2 Å². The number of nitrogens with zero attached hydrogens (tertiary/aromatic N) is 2. The molecule has 2 aromatic heterocycles. The van der Waals surface area contributed by atoms with Gasteiger partial charge in [0.1, 0.15) is 11.3 Å². The number of hydrogen-bond acceptors (Lipinski definition) is 3. The van der Waals surface area contributed by atoms with Crippen molar-refractivity contribution in [2.24, 2.45) is 0 Å². The third-order valence-electron chi connectivity index (χ3n) is 4.89. The summed E-state index contributed by atoms with van der Waals surface area (Å²) in [5.41, 5.74) is 3.88. The number of para-hydroxylation sites is 2. The second kappa shape index (κ2) is 7.68. The highest BCUT2D eigenvalue weighted by molar-refractivity contribution is 6.07. The molecule has 0 amide bonds. The minimum atomic E-state index is -0.0568. The van der Waals surface area contributed by atoms with Crippen LogP contribution >= 0.6 is 0 Å².